The van der Waals surface area contributed by atoms with E-state index in [4.69, 9.17) is 4.98 Å². The summed E-state index contributed by atoms with van der Waals surface area (Å²) < 4.78 is 3.43. The molecule has 1 N–H and O–H groups in total. The average Bonchev–Trinajstić information content (AvgIpc) is 2.96. The van der Waals surface area contributed by atoms with Crippen molar-refractivity contribution in [2.45, 2.75) is 38.8 Å². The van der Waals surface area contributed by atoms with E-state index >= 15 is 0 Å². The summed E-state index contributed by atoms with van der Waals surface area (Å²) in [5.74, 6) is 1.21. The summed E-state index contributed by atoms with van der Waals surface area (Å²) in [5.41, 5.74) is 2.34. The third-order valence-electron chi connectivity index (χ3n) is 3.70. The van der Waals surface area contributed by atoms with Crippen LogP contribution in [0.5, 0.6) is 0 Å². The van der Waals surface area contributed by atoms with E-state index in [0.29, 0.717) is 6.04 Å². The fourth-order valence-corrected chi connectivity index (χ4v) is 3.16. The average molecular weight is 308 g/mol. The second-order valence-corrected chi connectivity index (χ2v) is 5.82. The molecule has 3 rings (SSSR count). The molecule has 0 amide bonds. The Morgan fingerprint density at radius 2 is 2.39 bits per heavy atom. The molecule has 2 aromatic rings. The van der Waals surface area contributed by atoms with Crippen LogP contribution in [-0.2, 0) is 13.0 Å². The summed E-state index contributed by atoms with van der Waals surface area (Å²) in [5, 5.41) is 3.55. The highest BCUT2D eigenvalue weighted by Crippen LogP contribution is 2.22. The number of aromatic nitrogens is 2. The van der Waals surface area contributed by atoms with Crippen LogP contribution >= 0.6 is 15.9 Å². The van der Waals surface area contributed by atoms with E-state index in [2.05, 4.69) is 50.9 Å². The molecule has 1 aliphatic rings. The number of aryl methyl sites for hydroxylation is 1. The van der Waals surface area contributed by atoms with Gasteiger partial charge in [-0.05, 0) is 44.5 Å². The minimum atomic E-state index is 0.607. The van der Waals surface area contributed by atoms with Gasteiger partial charge in [-0.1, -0.05) is 15.9 Å². The molecule has 0 radical (unpaired) electrons. The van der Waals surface area contributed by atoms with Crippen molar-refractivity contribution in [3.63, 3.8) is 0 Å². The van der Waals surface area contributed by atoms with E-state index in [1.807, 2.05) is 0 Å². The molecule has 4 heteroatoms. The van der Waals surface area contributed by atoms with E-state index in [1.165, 1.54) is 24.2 Å². The molecule has 96 valence electrons. The summed E-state index contributed by atoms with van der Waals surface area (Å²) >= 11 is 3.51. The second-order valence-electron chi connectivity index (χ2n) is 4.90. The number of nitrogens with one attached hydrogen (secondary N) is 1. The lowest BCUT2D eigenvalue weighted by atomic mass is 10.1. The summed E-state index contributed by atoms with van der Waals surface area (Å²) in [6.07, 6.45) is 3.61. The number of rotatable bonds is 3. The highest BCUT2D eigenvalue weighted by molar-refractivity contribution is 9.10. The zero-order valence-corrected chi connectivity index (χ0v) is 12.2. The van der Waals surface area contributed by atoms with Crippen molar-refractivity contribution in [1.29, 1.82) is 0 Å². The fraction of sp³-hybridized carbons (Fsp3) is 0.500. The summed E-state index contributed by atoms with van der Waals surface area (Å²) in [6, 6.07) is 6.96. The van der Waals surface area contributed by atoms with Crippen LogP contribution in [-0.4, -0.2) is 22.1 Å². The van der Waals surface area contributed by atoms with E-state index < -0.39 is 0 Å². The highest BCUT2D eigenvalue weighted by Gasteiger charge is 2.18. The van der Waals surface area contributed by atoms with Gasteiger partial charge in [0.25, 0.3) is 0 Å². The van der Waals surface area contributed by atoms with Crippen molar-refractivity contribution >= 4 is 27.0 Å². The quantitative estimate of drug-likeness (QED) is 0.944. The maximum atomic E-state index is 4.80. The molecule has 1 fully saturated rings. The standard InChI is InChI=1S/C14H18BrN3/c1-2-18-13-6-5-10(15)8-12(13)17-14(18)9-11-4-3-7-16-11/h5-6,8,11,16H,2-4,7,9H2,1H3. The first-order valence-corrected chi connectivity index (χ1v) is 7.45. The maximum Gasteiger partial charge on any atom is 0.111 e. The minimum absolute atomic E-state index is 0.607. The van der Waals surface area contributed by atoms with Gasteiger partial charge < -0.3 is 9.88 Å². The van der Waals surface area contributed by atoms with Gasteiger partial charge in [0.05, 0.1) is 11.0 Å². The zero-order valence-electron chi connectivity index (χ0n) is 10.6. The van der Waals surface area contributed by atoms with Gasteiger partial charge in [0.2, 0.25) is 0 Å². The first-order valence-electron chi connectivity index (χ1n) is 6.66. The number of halogens is 1. The number of nitrogens with zero attached hydrogens (tertiary/aromatic N) is 2. The van der Waals surface area contributed by atoms with Crippen LogP contribution in [0.3, 0.4) is 0 Å². The fourth-order valence-electron chi connectivity index (χ4n) is 2.81. The molecule has 1 atom stereocenters. The molecule has 1 aromatic heterocycles. The number of hydrogen-bond donors (Lipinski definition) is 1. The summed E-state index contributed by atoms with van der Waals surface area (Å²) in [4.78, 5) is 4.80. The molecule has 1 saturated heterocycles. The molecule has 0 saturated carbocycles. The third-order valence-corrected chi connectivity index (χ3v) is 4.19. The van der Waals surface area contributed by atoms with Crippen LogP contribution in [0.2, 0.25) is 0 Å². The van der Waals surface area contributed by atoms with Gasteiger partial charge in [0.15, 0.2) is 0 Å². The number of benzene rings is 1. The SMILES string of the molecule is CCn1c(CC2CCCN2)nc2cc(Br)ccc21. The minimum Gasteiger partial charge on any atom is -0.328 e. The van der Waals surface area contributed by atoms with E-state index in [-0.39, 0.29) is 0 Å². The van der Waals surface area contributed by atoms with E-state index in [1.54, 1.807) is 0 Å². The van der Waals surface area contributed by atoms with Crippen LogP contribution in [0.15, 0.2) is 22.7 Å². The molecule has 2 heterocycles. The van der Waals surface area contributed by atoms with Crippen LogP contribution in [0, 0.1) is 0 Å². The van der Waals surface area contributed by atoms with Crippen LogP contribution < -0.4 is 5.32 Å². The zero-order chi connectivity index (χ0) is 12.5. The second kappa shape index (κ2) is 5.02. The Bertz CT molecular complexity index is 555. The van der Waals surface area contributed by atoms with E-state index in [9.17, 15) is 0 Å². The Morgan fingerprint density at radius 3 is 3.11 bits per heavy atom. The predicted molar refractivity (Wildman–Crippen MR) is 77.8 cm³/mol. The van der Waals surface area contributed by atoms with Gasteiger partial charge >= 0.3 is 0 Å². The van der Waals surface area contributed by atoms with Crippen molar-refractivity contribution in [1.82, 2.24) is 14.9 Å². The Hall–Kier alpha value is -0.870. The molecule has 0 spiro atoms. The van der Waals surface area contributed by atoms with Gasteiger partial charge in [0.1, 0.15) is 5.82 Å². The molecular weight excluding hydrogens is 290 g/mol. The molecule has 0 bridgehead atoms. The number of fused-ring (bicyclic) bond motifs is 1. The van der Waals surface area contributed by atoms with E-state index in [0.717, 1.165) is 29.5 Å². The van der Waals surface area contributed by atoms with Crippen molar-refractivity contribution in [3.8, 4) is 0 Å². The summed E-state index contributed by atoms with van der Waals surface area (Å²) in [7, 11) is 0. The first kappa shape index (κ1) is 12.2. The molecule has 1 aromatic carbocycles. The van der Waals surface area contributed by atoms with Gasteiger partial charge in [0, 0.05) is 23.5 Å². The Labute approximate surface area is 116 Å². The van der Waals surface area contributed by atoms with Gasteiger partial charge in [-0.2, -0.15) is 0 Å². The first-order chi connectivity index (χ1) is 8.78. The molecule has 1 unspecified atom stereocenters. The number of hydrogen-bond acceptors (Lipinski definition) is 2. The van der Waals surface area contributed by atoms with Crippen molar-refractivity contribution < 1.29 is 0 Å². The Kier molecular flexibility index (Phi) is 3.39. The summed E-state index contributed by atoms with van der Waals surface area (Å²) in [6.45, 7) is 4.33. The topological polar surface area (TPSA) is 29.9 Å². The highest BCUT2D eigenvalue weighted by atomic mass is 79.9. The smallest absolute Gasteiger partial charge is 0.111 e. The molecular formula is C14H18BrN3. The van der Waals surface area contributed by atoms with Crippen molar-refractivity contribution in [2.75, 3.05) is 6.54 Å². The Balaban J connectivity index is 1.99. The molecule has 1 aliphatic heterocycles. The van der Waals surface area contributed by atoms with Gasteiger partial charge in [-0.3, -0.25) is 0 Å². The normalized spacial score (nSPS) is 19.8. The van der Waals surface area contributed by atoms with Gasteiger partial charge in [-0.15, -0.1) is 0 Å². The lowest BCUT2D eigenvalue weighted by molar-refractivity contribution is 0.565. The monoisotopic (exact) mass is 307 g/mol. The molecule has 18 heavy (non-hydrogen) atoms. The van der Waals surface area contributed by atoms with Crippen LogP contribution in [0.25, 0.3) is 11.0 Å². The van der Waals surface area contributed by atoms with Gasteiger partial charge in [-0.25, -0.2) is 4.98 Å². The molecule has 0 aliphatic carbocycles. The molecule has 3 nitrogen and oxygen atoms in total. The largest absolute Gasteiger partial charge is 0.328 e. The van der Waals surface area contributed by atoms with Crippen molar-refractivity contribution in [3.05, 3.63) is 28.5 Å². The van der Waals surface area contributed by atoms with Crippen molar-refractivity contribution in [2.24, 2.45) is 0 Å². The Morgan fingerprint density at radius 1 is 1.50 bits per heavy atom. The third kappa shape index (κ3) is 2.19. The lowest BCUT2D eigenvalue weighted by Crippen LogP contribution is -2.25. The number of imidazole rings is 1. The lowest BCUT2D eigenvalue weighted by Gasteiger charge is -2.11. The van der Waals surface area contributed by atoms with Crippen LogP contribution in [0.1, 0.15) is 25.6 Å². The van der Waals surface area contributed by atoms with Crippen LogP contribution in [0.4, 0.5) is 0 Å². The predicted octanol–water partition coefficient (Wildman–Crippen LogP) is 3.11. The maximum absolute atomic E-state index is 4.80.